The van der Waals surface area contributed by atoms with E-state index in [2.05, 4.69) is 86.9 Å². The van der Waals surface area contributed by atoms with E-state index in [1.807, 2.05) is 12.1 Å². The van der Waals surface area contributed by atoms with Crippen molar-refractivity contribution in [2.75, 3.05) is 6.54 Å². The van der Waals surface area contributed by atoms with Gasteiger partial charge in [0, 0.05) is 18.6 Å². The van der Waals surface area contributed by atoms with Gasteiger partial charge in [0.1, 0.15) is 0 Å². The highest BCUT2D eigenvalue weighted by molar-refractivity contribution is 5.19. The van der Waals surface area contributed by atoms with Gasteiger partial charge in [-0.3, -0.25) is 0 Å². The van der Waals surface area contributed by atoms with Crippen molar-refractivity contribution in [1.29, 1.82) is 0 Å². The van der Waals surface area contributed by atoms with E-state index in [1.165, 1.54) is 11.1 Å². The zero-order valence-corrected chi connectivity index (χ0v) is 14.3. The molecule has 1 atom stereocenters. The second kappa shape index (κ2) is 11.0. The van der Waals surface area contributed by atoms with Crippen LogP contribution in [-0.2, 0) is 6.54 Å². The molecule has 0 aliphatic carbocycles. The maximum Gasteiger partial charge on any atom is 0.0294 e. The molecule has 2 N–H and O–H groups in total. The molecule has 2 rings (SSSR count). The minimum absolute atomic E-state index is 0.390. The van der Waals surface area contributed by atoms with Crippen molar-refractivity contribution >= 4 is 0 Å². The fourth-order valence-electron chi connectivity index (χ4n) is 2.13. The highest BCUT2D eigenvalue weighted by atomic mass is 14.9. The smallest absolute Gasteiger partial charge is 0.0294 e. The van der Waals surface area contributed by atoms with Crippen molar-refractivity contribution in [3.8, 4) is 0 Å². The fraction of sp³-hybridized carbons (Fsp3) is 0.400. The lowest BCUT2D eigenvalue weighted by Crippen LogP contribution is -2.21. The first-order valence-corrected chi connectivity index (χ1v) is 8.19. The molecule has 0 bridgehead atoms. The third kappa shape index (κ3) is 7.96. The summed E-state index contributed by atoms with van der Waals surface area (Å²) in [4.78, 5) is 0. The molecule has 0 aliphatic heterocycles. The Morgan fingerprint density at radius 3 is 1.77 bits per heavy atom. The van der Waals surface area contributed by atoms with Gasteiger partial charge in [-0.2, -0.15) is 0 Å². The standard InChI is InChI=1S/C15H17N.C5H13N/c1-13(15-10-6-3-7-11-15)16-12-14-8-4-2-5-9-14;1-4-6-5(2)3/h2-11,13,16H,12H2,1H3;5-6H,4H2,1-3H3/t13-;/m1./s1. The minimum Gasteiger partial charge on any atom is -0.315 e. The summed E-state index contributed by atoms with van der Waals surface area (Å²) in [6.45, 7) is 10.6. The minimum atomic E-state index is 0.390. The molecule has 0 saturated carbocycles. The third-order valence-corrected chi connectivity index (χ3v) is 3.37. The molecule has 0 heterocycles. The van der Waals surface area contributed by atoms with Crippen LogP contribution in [0.5, 0.6) is 0 Å². The van der Waals surface area contributed by atoms with Gasteiger partial charge in [0.15, 0.2) is 0 Å². The molecule has 0 saturated heterocycles. The Bertz CT molecular complexity index is 480. The van der Waals surface area contributed by atoms with E-state index in [9.17, 15) is 0 Å². The molecule has 2 aromatic rings. The number of hydrogen-bond acceptors (Lipinski definition) is 2. The van der Waals surface area contributed by atoms with Crippen LogP contribution in [0.2, 0.25) is 0 Å². The summed E-state index contributed by atoms with van der Waals surface area (Å²) in [5, 5.41) is 6.72. The Labute approximate surface area is 136 Å². The van der Waals surface area contributed by atoms with Crippen molar-refractivity contribution in [1.82, 2.24) is 10.6 Å². The van der Waals surface area contributed by atoms with E-state index < -0.39 is 0 Å². The molecule has 0 amide bonds. The topological polar surface area (TPSA) is 24.1 Å². The third-order valence-electron chi connectivity index (χ3n) is 3.37. The van der Waals surface area contributed by atoms with E-state index in [0.717, 1.165) is 13.1 Å². The van der Waals surface area contributed by atoms with E-state index in [4.69, 9.17) is 0 Å². The quantitative estimate of drug-likeness (QED) is 0.818. The Balaban J connectivity index is 0.000000346. The van der Waals surface area contributed by atoms with Crippen LogP contribution in [0.3, 0.4) is 0 Å². The Kier molecular flexibility index (Phi) is 9.20. The van der Waals surface area contributed by atoms with Crippen LogP contribution >= 0.6 is 0 Å². The van der Waals surface area contributed by atoms with Gasteiger partial charge in [0.05, 0.1) is 0 Å². The number of benzene rings is 2. The zero-order valence-electron chi connectivity index (χ0n) is 14.3. The summed E-state index contributed by atoms with van der Waals surface area (Å²) in [6.07, 6.45) is 0. The number of rotatable bonds is 6. The lowest BCUT2D eigenvalue weighted by molar-refractivity contribution is 0.575. The van der Waals surface area contributed by atoms with Crippen LogP contribution in [0.1, 0.15) is 44.9 Å². The average Bonchev–Trinajstić information content (AvgIpc) is 2.55. The van der Waals surface area contributed by atoms with Crippen molar-refractivity contribution in [2.24, 2.45) is 0 Å². The van der Waals surface area contributed by atoms with Gasteiger partial charge in [-0.05, 0) is 24.6 Å². The zero-order chi connectivity index (χ0) is 16.2. The Morgan fingerprint density at radius 2 is 1.32 bits per heavy atom. The highest BCUT2D eigenvalue weighted by Crippen LogP contribution is 2.11. The van der Waals surface area contributed by atoms with E-state index >= 15 is 0 Å². The second-order valence-corrected chi connectivity index (χ2v) is 5.71. The summed E-state index contributed by atoms with van der Waals surface area (Å²) >= 11 is 0. The van der Waals surface area contributed by atoms with Crippen molar-refractivity contribution in [2.45, 2.75) is 46.3 Å². The van der Waals surface area contributed by atoms with Crippen LogP contribution in [0.4, 0.5) is 0 Å². The van der Waals surface area contributed by atoms with Crippen LogP contribution in [-0.4, -0.2) is 12.6 Å². The van der Waals surface area contributed by atoms with Crippen molar-refractivity contribution < 1.29 is 0 Å². The van der Waals surface area contributed by atoms with E-state index in [-0.39, 0.29) is 0 Å². The van der Waals surface area contributed by atoms with E-state index in [0.29, 0.717) is 12.1 Å². The fourth-order valence-corrected chi connectivity index (χ4v) is 2.13. The molecule has 2 aromatic carbocycles. The number of nitrogens with one attached hydrogen (secondary N) is 2. The first-order valence-electron chi connectivity index (χ1n) is 8.19. The molecular weight excluding hydrogens is 268 g/mol. The van der Waals surface area contributed by atoms with Gasteiger partial charge in [-0.1, -0.05) is 81.4 Å². The highest BCUT2D eigenvalue weighted by Gasteiger charge is 2.02. The summed E-state index contributed by atoms with van der Waals surface area (Å²) < 4.78 is 0. The SMILES string of the molecule is CCNC(C)C.C[C@@H](NCc1ccccc1)c1ccccc1. The van der Waals surface area contributed by atoms with Crippen LogP contribution in [0.15, 0.2) is 60.7 Å². The molecule has 0 aromatic heterocycles. The summed E-state index contributed by atoms with van der Waals surface area (Å²) in [5.74, 6) is 0. The second-order valence-electron chi connectivity index (χ2n) is 5.71. The van der Waals surface area contributed by atoms with Crippen LogP contribution < -0.4 is 10.6 Å². The molecule has 0 aliphatic rings. The lowest BCUT2D eigenvalue weighted by atomic mass is 10.1. The molecule has 0 unspecified atom stereocenters. The van der Waals surface area contributed by atoms with Gasteiger partial charge >= 0.3 is 0 Å². The molecule has 0 spiro atoms. The van der Waals surface area contributed by atoms with Gasteiger partial charge in [0.25, 0.3) is 0 Å². The largest absolute Gasteiger partial charge is 0.315 e. The monoisotopic (exact) mass is 298 g/mol. The molecule has 2 nitrogen and oxygen atoms in total. The van der Waals surface area contributed by atoms with Gasteiger partial charge in [-0.15, -0.1) is 0 Å². The Morgan fingerprint density at radius 1 is 0.773 bits per heavy atom. The van der Waals surface area contributed by atoms with Crippen molar-refractivity contribution in [3.05, 3.63) is 71.8 Å². The molecule has 2 heteroatoms. The number of hydrogen-bond donors (Lipinski definition) is 2. The summed E-state index contributed by atoms with van der Waals surface area (Å²) in [6, 6.07) is 22.0. The van der Waals surface area contributed by atoms with Crippen LogP contribution in [0, 0.1) is 0 Å². The normalized spacial score (nSPS) is 11.7. The summed E-state index contributed by atoms with van der Waals surface area (Å²) in [5.41, 5.74) is 2.66. The Hall–Kier alpha value is -1.64. The van der Waals surface area contributed by atoms with Crippen LogP contribution in [0.25, 0.3) is 0 Å². The molecule has 0 fully saturated rings. The maximum atomic E-state index is 3.52. The maximum absolute atomic E-state index is 3.52. The molecule has 120 valence electrons. The molecule has 0 radical (unpaired) electrons. The first-order chi connectivity index (χ1) is 10.6. The van der Waals surface area contributed by atoms with Crippen molar-refractivity contribution in [3.63, 3.8) is 0 Å². The predicted octanol–water partition coefficient (Wildman–Crippen LogP) is 4.54. The summed E-state index contributed by atoms with van der Waals surface area (Å²) in [7, 11) is 0. The lowest BCUT2D eigenvalue weighted by Gasteiger charge is -2.14. The molecular formula is C20H30N2. The predicted molar refractivity (Wildman–Crippen MR) is 97.0 cm³/mol. The van der Waals surface area contributed by atoms with Gasteiger partial charge in [-0.25, -0.2) is 0 Å². The molecule has 22 heavy (non-hydrogen) atoms. The van der Waals surface area contributed by atoms with Gasteiger partial charge in [0.2, 0.25) is 0 Å². The van der Waals surface area contributed by atoms with E-state index in [1.54, 1.807) is 0 Å². The first kappa shape index (κ1) is 18.4. The van der Waals surface area contributed by atoms with Gasteiger partial charge < -0.3 is 10.6 Å². The average molecular weight is 298 g/mol.